The number of esters is 2. The lowest BCUT2D eigenvalue weighted by Crippen LogP contribution is -2.13. The summed E-state index contributed by atoms with van der Waals surface area (Å²) < 4.78 is 16.4. The van der Waals surface area contributed by atoms with Gasteiger partial charge in [-0.15, -0.1) is 0 Å². The number of carbonyl (C=O) groups is 2. The van der Waals surface area contributed by atoms with Crippen molar-refractivity contribution in [3.05, 3.63) is 32.9 Å². The van der Waals surface area contributed by atoms with E-state index in [1.807, 2.05) is 6.92 Å². The summed E-state index contributed by atoms with van der Waals surface area (Å²) in [6, 6.07) is 4.86. The lowest BCUT2D eigenvalue weighted by Gasteiger charge is -2.08. The van der Waals surface area contributed by atoms with Crippen LogP contribution in [0.3, 0.4) is 0 Å². The van der Waals surface area contributed by atoms with Crippen LogP contribution in [0.15, 0.2) is 18.2 Å². The van der Waals surface area contributed by atoms with Gasteiger partial charge >= 0.3 is 11.9 Å². The van der Waals surface area contributed by atoms with Gasteiger partial charge in [0.05, 0.1) is 24.3 Å². The van der Waals surface area contributed by atoms with Crippen molar-refractivity contribution in [1.82, 2.24) is 0 Å². The fraction of sp³-hybridized carbons (Fsp3) is 0.529. The van der Waals surface area contributed by atoms with Gasteiger partial charge in [-0.2, -0.15) is 0 Å². The van der Waals surface area contributed by atoms with Crippen molar-refractivity contribution in [2.75, 3.05) is 26.4 Å². The summed E-state index contributed by atoms with van der Waals surface area (Å²) in [4.78, 5) is 23.9. The summed E-state index contributed by atoms with van der Waals surface area (Å²) in [5, 5.41) is 0. The van der Waals surface area contributed by atoms with Crippen LogP contribution in [0.1, 0.15) is 53.8 Å². The van der Waals surface area contributed by atoms with Gasteiger partial charge in [-0.25, -0.2) is 9.59 Å². The third-order valence-electron chi connectivity index (χ3n) is 2.91. The first kappa shape index (κ1) is 19.9. The Balaban J connectivity index is 2.56. The minimum atomic E-state index is -0.466. The van der Waals surface area contributed by atoms with Gasteiger partial charge in [-0.05, 0) is 53.6 Å². The van der Waals surface area contributed by atoms with Crippen LogP contribution in [0.4, 0.5) is 0 Å². The standard InChI is InChI=1S/C17H23IO5/c1-3-5-7-21-8-9-23-17(20)14-10-13(11-15(18)12-14)16(19)22-6-4-2/h10-12H,3-9H2,1-2H3. The van der Waals surface area contributed by atoms with E-state index in [2.05, 4.69) is 29.5 Å². The van der Waals surface area contributed by atoms with Gasteiger partial charge in [0.1, 0.15) is 6.61 Å². The van der Waals surface area contributed by atoms with Crippen LogP contribution < -0.4 is 0 Å². The van der Waals surface area contributed by atoms with Gasteiger partial charge < -0.3 is 14.2 Å². The fourth-order valence-electron chi connectivity index (χ4n) is 1.73. The minimum absolute atomic E-state index is 0.198. The summed E-state index contributed by atoms with van der Waals surface area (Å²) in [6.07, 6.45) is 2.82. The van der Waals surface area contributed by atoms with Gasteiger partial charge in [0.2, 0.25) is 0 Å². The van der Waals surface area contributed by atoms with Crippen LogP contribution >= 0.6 is 22.6 Å². The molecule has 0 aromatic heterocycles. The highest BCUT2D eigenvalue weighted by Gasteiger charge is 2.14. The van der Waals surface area contributed by atoms with Crippen LogP contribution in [-0.2, 0) is 14.2 Å². The molecule has 0 fully saturated rings. The van der Waals surface area contributed by atoms with Gasteiger partial charge in [0, 0.05) is 10.2 Å². The quantitative estimate of drug-likeness (QED) is 0.318. The molecular formula is C17H23IO5. The zero-order valence-electron chi connectivity index (χ0n) is 13.6. The lowest BCUT2D eigenvalue weighted by molar-refractivity contribution is 0.0313. The molecule has 0 bridgehead atoms. The molecule has 0 aliphatic carbocycles. The molecule has 0 aliphatic heterocycles. The van der Waals surface area contributed by atoms with Crippen molar-refractivity contribution in [3.8, 4) is 0 Å². The van der Waals surface area contributed by atoms with E-state index in [0.717, 1.165) is 22.8 Å². The molecule has 0 aliphatic rings. The van der Waals surface area contributed by atoms with E-state index in [-0.39, 0.29) is 6.61 Å². The first-order valence-electron chi connectivity index (χ1n) is 7.81. The fourth-order valence-corrected chi connectivity index (χ4v) is 2.40. The molecule has 0 N–H and O–H groups in total. The molecular weight excluding hydrogens is 411 g/mol. The Kier molecular flexibility index (Phi) is 9.86. The SMILES string of the molecule is CCCCOCCOC(=O)c1cc(I)cc(C(=O)OCCC)c1. The summed E-state index contributed by atoms with van der Waals surface area (Å²) in [6.45, 7) is 5.62. The van der Waals surface area contributed by atoms with Crippen LogP contribution in [0.5, 0.6) is 0 Å². The van der Waals surface area contributed by atoms with Crippen LogP contribution in [0.25, 0.3) is 0 Å². The van der Waals surface area contributed by atoms with E-state index in [1.165, 1.54) is 6.07 Å². The van der Waals surface area contributed by atoms with E-state index in [4.69, 9.17) is 14.2 Å². The molecule has 1 aromatic carbocycles. The lowest BCUT2D eigenvalue weighted by atomic mass is 10.1. The van der Waals surface area contributed by atoms with Crippen LogP contribution in [0, 0.1) is 3.57 Å². The molecule has 0 heterocycles. The molecule has 128 valence electrons. The monoisotopic (exact) mass is 434 g/mol. The van der Waals surface area contributed by atoms with Crippen molar-refractivity contribution in [2.24, 2.45) is 0 Å². The van der Waals surface area contributed by atoms with Gasteiger partial charge in [0.15, 0.2) is 0 Å². The Morgan fingerprint density at radius 3 is 2.04 bits per heavy atom. The predicted octanol–water partition coefficient (Wildman–Crippen LogP) is 3.83. The highest BCUT2D eigenvalue weighted by atomic mass is 127. The van der Waals surface area contributed by atoms with E-state index in [1.54, 1.807) is 12.1 Å². The Morgan fingerprint density at radius 1 is 0.870 bits per heavy atom. The van der Waals surface area contributed by atoms with Gasteiger partial charge in [-0.1, -0.05) is 20.3 Å². The Bertz CT molecular complexity index is 516. The first-order valence-corrected chi connectivity index (χ1v) is 8.89. The van der Waals surface area contributed by atoms with Gasteiger partial charge in [-0.3, -0.25) is 0 Å². The number of ether oxygens (including phenoxy) is 3. The molecule has 23 heavy (non-hydrogen) atoms. The average Bonchev–Trinajstić information content (AvgIpc) is 2.55. The van der Waals surface area contributed by atoms with Gasteiger partial charge in [0.25, 0.3) is 0 Å². The third-order valence-corrected chi connectivity index (χ3v) is 3.53. The molecule has 0 radical (unpaired) electrons. The van der Waals surface area contributed by atoms with E-state index in [0.29, 0.717) is 30.9 Å². The zero-order valence-corrected chi connectivity index (χ0v) is 15.8. The first-order chi connectivity index (χ1) is 11.1. The topological polar surface area (TPSA) is 61.8 Å². The summed E-state index contributed by atoms with van der Waals surface area (Å²) in [7, 11) is 0. The van der Waals surface area contributed by atoms with Crippen molar-refractivity contribution < 1.29 is 23.8 Å². The molecule has 0 amide bonds. The van der Waals surface area contributed by atoms with Crippen LogP contribution in [0.2, 0.25) is 0 Å². The highest BCUT2D eigenvalue weighted by Crippen LogP contribution is 2.15. The van der Waals surface area contributed by atoms with E-state index >= 15 is 0 Å². The number of benzene rings is 1. The second-order valence-electron chi connectivity index (χ2n) is 4.97. The molecule has 0 unspecified atom stereocenters. The second-order valence-corrected chi connectivity index (χ2v) is 6.21. The molecule has 0 saturated heterocycles. The normalized spacial score (nSPS) is 10.4. The average molecular weight is 434 g/mol. The van der Waals surface area contributed by atoms with E-state index in [9.17, 15) is 9.59 Å². The van der Waals surface area contributed by atoms with Crippen molar-refractivity contribution in [1.29, 1.82) is 0 Å². The summed E-state index contributed by atoms with van der Waals surface area (Å²) in [5.41, 5.74) is 0.699. The zero-order chi connectivity index (χ0) is 17.1. The number of halogens is 1. The molecule has 5 nitrogen and oxygen atoms in total. The maximum atomic E-state index is 12.0. The molecule has 0 saturated carbocycles. The molecule has 1 rings (SSSR count). The number of hydrogen-bond acceptors (Lipinski definition) is 5. The van der Waals surface area contributed by atoms with E-state index < -0.39 is 11.9 Å². The number of hydrogen-bond donors (Lipinski definition) is 0. The largest absolute Gasteiger partial charge is 0.462 e. The number of unbranched alkanes of at least 4 members (excludes halogenated alkanes) is 1. The predicted molar refractivity (Wildman–Crippen MR) is 95.7 cm³/mol. The number of carbonyl (C=O) groups excluding carboxylic acids is 2. The Morgan fingerprint density at radius 2 is 1.48 bits per heavy atom. The molecule has 1 aromatic rings. The number of rotatable bonds is 10. The van der Waals surface area contributed by atoms with Crippen molar-refractivity contribution in [2.45, 2.75) is 33.1 Å². The van der Waals surface area contributed by atoms with Crippen LogP contribution in [-0.4, -0.2) is 38.4 Å². The Hall–Kier alpha value is -1.15. The molecule has 0 atom stereocenters. The van der Waals surface area contributed by atoms with Crippen molar-refractivity contribution in [3.63, 3.8) is 0 Å². The molecule has 0 spiro atoms. The minimum Gasteiger partial charge on any atom is -0.462 e. The van der Waals surface area contributed by atoms with Crippen molar-refractivity contribution >= 4 is 34.5 Å². The maximum absolute atomic E-state index is 12.0. The maximum Gasteiger partial charge on any atom is 0.338 e. The smallest absolute Gasteiger partial charge is 0.338 e. The third kappa shape index (κ3) is 7.78. The second kappa shape index (κ2) is 11.4. The summed E-state index contributed by atoms with van der Waals surface area (Å²) in [5.74, 6) is -0.894. The highest BCUT2D eigenvalue weighted by molar-refractivity contribution is 14.1. The summed E-state index contributed by atoms with van der Waals surface area (Å²) >= 11 is 2.06. The molecule has 6 heteroatoms. The Labute approximate surface area is 150 Å².